The highest BCUT2D eigenvalue weighted by atomic mass is 32.2. The SMILES string of the molecule is CCn1c(SCC(=O)Nc2ccc(C(=O)N3CCCC3)cc2)nnc1-c1cccs1. The first kappa shape index (κ1) is 20.6. The van der Waals surface area contributed by atoms with E-state index in [2.05, 4.69) is 15.5 Å². The molecule has 0 radical (unpaired) electrons. The molecule has 4 rings (SSSR count). The van der Waals surface area contributed by atoms with Gasteiger partial charge in [0, 0.05) is 30.9 Å². The van der Waals surface area contributed by atoms with E-state index in [0.717, 1.165) is 48.3 Å². The van der Waals surface area contributed by atoms with Crippen LogP contribution in [0.1, 0.15) is 30.1 Å². The van der Waals surface area contributed by atoms with Gasteiger partial charge >= 0.3 is 0 Å². The summed E-state index contributed by atoms with van der Waals surface area (Å²) in [7, 11) is 0. The van der Waals surface area contributed by atoms with E-state index in [1.165, 1.54) is 11.8 Å². The minimum atomic E-state index is -0.123. The number of anilines is 1. The van der Waals surface area contributed by atoms with Crippen molar-refractivity contribution in [2.45, 2.75) is 31.5 Å². The molecule has 3 heterocycles. The van der Waals surface area contributed by atoms with Crippen LogP contribution in [-0.2, 0) is 11.3 Å². The van der Waals surface area contributed by atoms with Gasteiger partial charge in [0.05, 0.1) is 10.6 Å². The number of hydrogen-bond donors (Lipinski definition) is 1. The molecule has 30 heavy (non-hydrogen) atoms. The molecular weight excluding hydrogens is 418 g/mol. The number of thiophene rings is 1. The van der Waals surface area contributed by atoms with E-state index in [-0.39, 0.29) is 17.6 Å². The topological polar surface area (TPSA) is 80.1 Å². The summed E-state index contributed by atoms with van der Waals surface area (Å²) in [5.74, 6) is 0.994. The van der Waals surface area contributed by atoms with Gasteiger partial charge in [-0.05, 0) is 55.5 Å². The van der Waals surface area contributed by atoms with Crippen molar-refractivity contribution in [3.8, 4) is 10.7 Å². The van der Waals surface area contributed by atoms with Gasteiger partial charge in [-0.3, -0.25) is 9.59 Å². The molecule has 0 saturated carbocycles. The first-order valence-corrected chi connectivity index (χ1v) is 11.8. The Morgan fingerprint density at radius 3 is 2.57 bits per heavy atom. The van der Waals surface area contributed by atoms with Crippen molar-refractivity contribution in [1.29, 1.82) is 0 Å². The number of carbonyl (C=O) groups is 2. The first-order chi connectivity index (χ1) is 14.7. The predicted octanol–water partition coefficient (Wildman–Crippen LogP) is 3.99. The lowest BCUT2D eigenvalue weighted by molar-refractivity contribution is -0.113. The van der Waals surface area contributed by atoms with E-state index in [1.807, 2.05) is 33.9 Å². The number of thioether (sulfide) groups is 1. The smallest absolute Gasteiger partial charge is 0.253 e. The van der Waals surface area contributed by atoms with Gasteiger partial charge < -0.3 is 14.8 Å². The summed E-state index contributed by atoms with van der Waals surface area (Å²) in [6.45, 7) is 4.42. The third-order valence-corrected chi connectivity index (χ3v) is 6.75. The Bertz CT molecular complexity index is 1010. The monoisotopic (exact) mass is 441 g/mol. The molecule has 0 unspecified atom stereocenters. The molecule has 0 spiro atoms. The van der Waals surface area contributed by atoms with Gasteiger partial charge in [0.1, 0.15) is 0 Å². The van der Waals surface area contributed by atoms with Gasteiger partial charge in [-0.1, -0.05) is 17.8 Å². The molecule has 0 aliphatic carbocycles. The molecule has 9 heteroatoms. The molecule has 0 atom stereocenters. The molecule has 2 amide bonds. The van der Waals surface area contributed by atoms with Crippen molar-refractivity contribution in [1.82, 2.24) is 19.7 Å². The highest BCUT2D eigenvalue weighted by Gasteiger charge is 2.19. The summed E-state index contributed by atoms with van der Waals surface area (Å²) in [5, 5.41) is 14.1. The number of nitrogens with one attached hydrogen (secondary N) is 1. The minimum Gasteiger partial charge on any atom is -0.339 e. The predicted molar refractivity (Wildman–Crippen MR) is 120 cm³/mol. The molecule has 7 nitrogen and oxygen atoms in total. The zero-order valence-electron chi connectivity index (χ0n) is 16.7. The van der Waals surface area contributed by atoms with Gasteiger partial charge in [-0.15, -0.1) is 21.5 Å². The van der Waals surface area contributed by atoms with Crippen LogP contribution in [0.3, 0.4) is 0 Å². The van der Waals surface area contributed by atoms with Gasteiger partial charge in [-0.25, -0.2) is 0 Å². The second-order valence-electron chi connectivity index (χ2n) is 6.94. The summed E-state index contributed by atoms with van der Waals surface area (Å²) < 4.78 is 2.02. The number of aromatic nitrogens is 3. The third-order valence-electron chi connectivity index (χ3n) is 4.92. The lowest BCUT2D eigenvalue weighted by Gasteiger charge is -2.15. The Kier molecular flexibility index (Phi) is 6.49. The van der Waals surface area contributed by atoms with E-state index in [9.17, 15) is 9.59 Å². The Morgan fingerprint density at radius 1 is 1.13 bits per heavy atom. The van der Waals surface area contributed by atoms with Crippen molar-refractivity contribution < 1.29 is 9.59 Å². The largest absolute Gasteiger partial charge is 0.339 e. The average molecular weight is 442 g/mol. The lowest BCUT2D eigenvalue weighted by atomic mass is 10.2. The van der Waals surface area contributed by atoms with Crippen LogP contribution < -0.4 is 5.32 Å². The van der Waals surface area contributed by atoms with Crippen LogP contribution in [-0.4, -0.2) is 50.3 Å². The Balaban J connectivity index is 1.33. The van der Waals surface area contributed by atoms with Crippen LogP contribution in [0.25, 0.3) is 10.7 Å². The minimum absolute atomic E-state index is 0.0568. The summed E-state index contributed by atoms with van der Waals surface area (Å²) in [6.07, 6.45) is 2.14. The number of nitrogens with zero attached hydrogens (tertiary/aromatic N) is 4. The van der Waals surface area contributed by atoms with Gasteiger partial charge in [0.25, 0.3) is 5.91 Å². The summed E-state index contributed by atoms with van der Waals surface area (Å²) in [5.41, 5.74) is 1.33. The zero-order valence-corrected chi connectivity index (χ0v) is 18.3. The van der Waals surface area contributed by atoms with Crippen LogP contribution in [0, 0.1) is 0 Å². The van der Waals surface area contributed by atoms with Crippen LogP contribution in [0.4, 0.5) is 5.69 Å². The Morgan fingerprint density at radius 2 is 1.90 bits per heavy atom. The zero-order chi connectivity index (χ0) is 20.9. The van der Waals surface area contributed by atoms with Crippen molar-refractivity contribution >= 4 is 40.6 Å². The van der Waals surface area contributed by atoms with Crippen LogP contribution in [0.5, 0.6) is 0 Å². The van der Waals surface area contributed by atoms with E-state index >= 15 is 0 Å². The molecule has 3 aromatic rings. The fourth-order valence-electron chi connectivity index (χ4n) is 3.39. The fraction of sp³-hybridized carbons (Fsp3) is 0.333. The molecule has 1 aliphatic rings. The summed E-state index contributed by atoms with van der Waals surface area (Å²) in [4.78, 5) is 27.7. The van der Waals surface area contributed by atoms with E-state index < -0.39 is 0 Å². The van der Waals surface area contributed by atoms with Crippen molar-refractivity contribution in [2.24, 2.45) is 0 Å². The molecule has 1 fully saturated rings. The molecule has 1 aromatic carbocycles. The number of hydrogen-bond acceptors (Lipinski definition) is 6. The molecular formula is C21H23N5O2S2. The van der Waals surface area contributed by atoms with Crippen molar-refractivity contribution in [3.63, 3.8) is 0 Å². The highest BCUT2D eigenvalue weighted by Crippen LogP contribution is 2.27. The number of likely N-dealkylation sites (tertiary alicyclic amines) is 1. The molecule has 1 saturated heterocycles. The molecule has 1 N–H and O–H groups in total. The summed E-state index contributed by atoms with van der Waals surface area (Å²) >= 11 is 2.98. The molecule has 1 aliphatic heterocycles. The van der Waals surface area contributed by atoms with Gasteiger partial charge in [0.15, 0.2) is 11.0 Å². The van der Waals surface area contributed by atoms with E-state index in [4.69, 9.17) is 0 Å². The second kappa shape index (κ2) is 9.44. The van der Waals surface area contributed by atoms with Crippen LogP contribution in [0.15, 0.2) is 46.9 Å². The maximum Gasteiger partial charge on any atom is 0.253 e. The normalized spacial score (nSPS) is 13.6. The fourth-order valence-corrected chi connectivity index (χ4v) is 4.91. The highest BCUT2D eigenvalue weighted by molar-refractivity contribution is 7.99. The molecule has 2 aromatic heterocycles. The Hall–Kier alpha value is -2.65. The second-order valence-corrected chi connectivity index (χ2v) is 8.83. The number of benzene rings is 1. The number of rotatable bonds is 7. The van der Waals surface area contributed by atoms with Crippen LogP contribution in [0.2, 0.25) is 0 Å². The average Bonchev–Trinajstić information content (AvgIpc) is 3.53. The number of amides is 2. The van der Waals surface area contributed by atoms with E-state index in [0.29, 0.717) is 11.3 Å². The summed E-state index contributed by atoms with van der Waals surface area (Å²) in [6, 6.07) is 11.1. The van der Waals surface area contributed by atoms with Crippen molar-refractivity contribution in [2.75, 3.05) is 24.2 Å². The third kappa shape index (κ3) is 4.57. The van der Waals surface area contributed by atoms with Gasteiger partial charge in [0.2, 0.25) is 5.91 Å². The number of carbonyl (C=O) groups excluding carboxylic acids is 2. The van der Waals surface area contributed by atoms with Crippen LogP contribution >= 0.6 is 23.1 Å². The Labute approximate surface area is 183 Å². The molecule has 156 valence electrons. The first-order valence-electron chi connectivity index (χ1n) is 9.94. The molecule has 0 bridgehead atoms. The van der Waals surface area contributed by atoms with E-state index in [1.54, 1.807) is 35.6 Å². The standard InChI is InChI=1S/C21H23N5O2S2/c1-2-26-19(17-6-5-13-29-17)23-24-21(26)30-14-18(27)22-16-9-7-15(8-10-16)20(28)25-11-3-4-12-25/h5-10,13H,2-4,11-12,14H2,1H3,(H,22,27). The maximum atomic E-state index is 12.4. The lowest BCUT2D eigenvalue weighted by Crippen LogP contribution is -2.27. The van der Waals surface area contributed by atoms with Gasteiger partial charge in [-0.2, -0.15) is 0 Å². The quantitative estimate of drug-likeness (QED) is 0.561. The van der Waals surface area contributed by atoms with Crippen molar-refractivity contribution in [3.05, 3.63) is 47.3 Å². The maximum absolute atomic E-state index is 12.4.